The second kappa shape index (κ2) is 13.0. The standard InChI is InChI=1S/C28H41N5O3S/c1-28(2,3)37(4)36-20-18-32(15-8-14-31-12-5-6-13-31)17-19-35-26-11-16-33-27(30-26)25(22-29-33)23-9-7-10-24(34)21-23/h7,9-11,16,21-22H,5-6,8,12-15,17-20H2,1-4H3/p+1. The Morgan fingerprint density at radius 1 is 1.08 bits per heavy atom. The summed E-state index contributed by atoms with van der Waals surface area (Å²) >= 11 is -0.0761. The van der Waals surface area contributed by atoms with E-state index in [0.29, 0.717) is 18.1 Å². The van der Waals surface area contributed by atoms with Gasteiger partial charge < -0.3 is 14.7 Å². The highest BCUT2D eigenvalue weighted by molar-refractivity contribution is 7.93. The molecule has 0 bridgehead atoms. The quantitative estimate of drug-likeness (QED) is 0.333. The first kappa shape index (κ1) is 27.7. The highest BCUT2D eigenvalue weighted by atomic mass is 32.2. The first-order valence-corrected chi connectivity index (χ1v) is 14.9. The van der Waals surface area contributed by atoms with Crippen LogP contribution in [0.3, 0.4) is 0 Å². The highest BCUT2D eigenvalue weighted by Gasteiger charge is 2.32. The van der Waals surface area contributed by atoms with Crippen molar-refractivity contribution in [1.82, 2.24) is 24.4 Å². The van der Waals surface area contributed by atoms with Crippen LogP contribution in [0.4, 0.5) is 0 Å². The van der Waals surface area contributed by atoms with Crippen molar-refractivity contribution in [3.05, 3.63) is 42.7 Å². The van der Waals surface area contributed by atoms with Gasteiger partial charge in [0, 0.05) is 30.9 Å². The highest BCUT2D eigenvalue weighted by Crippen LogP contribution is 2.27. The third-order valence-electron chi connectivity index (χ3n) is 6.84. The normalized spacial score (nSPS) is 15.6. The second-order valence-electron chi connectivity index (χ2n) is 10.6. The van der Waals surface area contributed by atoms with E-state index in [1.54, 1.807) is 22.8 Å². The molecular formula is C28H42N5O3S+. The lowest BCUT2D eigenvalue weighted by Gasteiger charge is -2.24. The molecule has 3 aromatic rings. The summed E-state index contributed by atoms with van der Waals surface area (Å²) in [6.45, 7) is 14.4. The summed E-state index contributed by atoms with van der Waals surface area (Å²) in [6.07, 6.45) is 9.63. The van der Waals surface area contributed by atoms with E-state index in [1.165, 1.54) is 25.9 Å². The molecule has 0 aliphatic carbocycles. The molecule has 3 heterocycles. The lowest BCUT2D eigenvalue weighted by molar-refractivity contribution is 0.173. The predicted octanol–water partition coefficient (Wildman–Crippen LogP) is 4.25. The van der Waals surface area contributed by atoms with Crippen LogP contribution in [0.25, 0.3) is 16.8 Å². The summed E-state index contributed by atoms with van der Waals surface area (Å²) in [6, 6.07) is 8.98. The molecule has 9 heteroatoms. The Morgan fingerprint density at radius 3 is 2.62 bits per heavy atom. The van der Waals surface area contributed by atoms with Gasteiger partial charge in [-0.3, -0.25) is 4.90 Å². The zero-order valence-electron chi connectivity index (χ0n) is 22.7. The number of ether oxygens (including phenoxy) is 1. The molecule has 4 rings (SSSR count). The minimum atomic E-state index is -0.0761. The van der Waals surface area contributed by atoms with Gasteiger partial charge in [0.2, 0.25) is 5.88 Å². The lowest BCUT2D eigenvalue weighted by Crippen LogP contribution is -2.36. The van der Waals surface area contributed by atoms with Gasteiger partial charge in [0.05, 0.1) is 6.20 Å². The summed E-state index contributed by atoms with van der Waals surface area (Å²) in [5, 5.41) is 14.3. The number of hydrogen-bond donors (Lipinski definition) is 1. The van der Waals surface area contributed by atoms with Crippen molar-refractivity contribution in [2.75, 3.05) is 58.7 Å². The molecule has 1 aliphatic heterocycles. The van der Waals surface area contributed by atoms with Gasteiger partial charge in [-0.15, -0.1) is 0 Å². The fourth-order valence-corrected chi connectivity index (χ4v) is 5.09. The van der Waals surface area contributed by atoms with E-state index in [9.17, 15) is 5.11 Å². The third-order valence-corrected chi connectivity index (χ3v) is 9.08. The molecule has 2 aromatic heterocycles. The van der Waals surface area contributed by atoms with Crippen molar-refractivity contribution in [1.29, 1.82) is 0 Å². The van der Waals surface area contributed by atoms with Crippen LogP contribution in [0.1, 0.15) is 40.0 Å². The van der Waals surface area contributed by atoms with Crippen molar-refractivity contribution < 1.29 is 14.0 Å². The molecule has 1 saturated heterocycles. The molecule has 0 spiro atoms. The number of phenolic OH excluding ortho intramolecular Hbond substituents is 1. The van der Waals surface area contributed by atoms with E-state index < -0.39 is 0 Å². The molecule has 202 valence electrons. The van der Waals surface area contributed by atoms with Gasteiger partial charge in [-0.1, -0.05) is 12.1 Å². The van der Waals surface area contributed by atoms with Gasteiger partial charge in [0.15, 0.2) is 10.4 Å². The molecule has 1 atom stereocenters. The first-order valence-electron chi connectivity index (χ1n) is 13.3. The molecular weight excluding hydrogens is 486 g/mol. The van der Waals surface area contributed by atoms with Crippen LogP contribution < -0.4 is 4.74 Å². The van der Waals surface area contributed by atoms with E-state index in [0.717, 1.165) is 50.3 Å². The Hall–Kier alpha value is -2.33. The van der Waals surface area contributed by atoms with Crippen LogP contribution in [-0.4, -0.2) is 93.0 Å². The Kier molecular flexibility index (Phi) is 9.70. The topological polar surface area (TPSA) is 75.4 Å². The Labute approximate surface area is 224 Å². The second-order valence-corrected chi connectivity index (χ2v) is 13.0. The van der Waals surface area contributed by atoms with Crippen LogP contribution in [0.5, 0.6) is 11.6 Å². The minimum absolute atomic E-state index is 0.0761. The van der Waals surface area contributed by atoms with Crippen molar-refractivity contribution in [3.63, 3.8) is 0 Å². The largest absolute Gasteiger partial charge is 0.508 e. The first-order chi connectivity index (χ1) is 17.8. The molecule has 1 N–H and O–H groups in total. The van der Waals surface area contributed by atoms with Gasteiger partial charge in [-0.25, -0.2) is 4.52 Å². The van der Waals surface area contributed by atoms with Crippen molar-refractivity contribution in [2.45, 2.75) is 44.8 Å². The number of benzene rings is 1. The smallest absolute Gasteiger partial charge is 0.216 e. The van der Waals surface area contributed by atoms with Gasteiger partial charge >= 0.3 is 0 Å². The Balaban J connectivity index is 1.33. The van der Waals surface area contributed by atoms with Gasteiger partial charge in [0.1, 0.15) is 36.4 Å². The molecule has 1 aromatic carbocycles. The van der Waals surface area contributed by atoms with Crippen molar-refractivity contribution >= 4 is 16.8 Å². The summed E-state index contributed by atoms with van der Waals surface area (Å²) in [7, 11) is 0. The van der Waals surface area contributed by atoms with Gasteiger partial charge in [-0.05, 0) is 83.9 Å². The fraction of sp³-hybridized carbons (Fsp3) is 0.571. The van der Waals surface area contributed by atoms with Crippen LogP contribution in [-0.2, 0) is 15.4 Å². The van der Waals surface area contributed by atoms with Gasteiger partial charge in [-0.2, -0.15) is 14.3 Å². The average Bonchev–Trinajstić information content (AvgIpc) is 3.53. The van der Waals surface area contributed by atoms with E-state index in [1.807, 2.05) is 24.4 Å². The predicted molar refractivity (Wildman–Crippen MR) is 151 cm³/mol. The maximum absolute atomic E-state index is 9.87. The third kappa shape index (κ3) is 8.07. The van der Waals surface area contributed by atoms with Crippen LogP contribution >= 0.6 is 0 Å². The SMILES string of the molecule is C[S+](OCCN(CCCN1CCCC1)CCOc1ccn2ncc(-c3cccc(O)c3)c2n1)C(C)(C)C. The van der Waals surface area contributed by atoms with Crippen LogP contribution in [0.15, 0.2) is 42.7 Å². The number of nitrogens with zero attached hydrogens (tertiary/aromatic N) is 5. The van der Waals surface area contributed by atoms with E-state index in [2.05, 4.69) is 41.9 Å². The number of phenols is 1. The summed E-state index contributed by atoms with van der Waals surface area (Å²) in [5.74, 6) is 0.793. The number of fused-ring (bicyclic) bond motifs is 1. The fourth-order valence-electron chi connectivity index (χ4n) is 4.42. The van der Waals surface area contributed by atoms with Crippen LogP contribution in [0, 0.1) is 0 Å². The number of hydrogen-bond acceptors (Lipinski definition) is 7. The summed E-state index contributed by atoms with van der Waals surface area (Å²) in [4.78, 5) is 9.74. The van der Waals surface area contributed by atoms with E-state index >= 15 is 0 Å². The molecule has 8 nitrogen and oxygen atoms in total. The monoisotopic (exact) mass is 528 g/mol. The molecule has 0 radical (unpaired) electrons. The number of aromatic nitrogens is 3. The molecule has 1 aliphatic rings. The lowest BCUT2D eigenvalue weighted by atomic mass is 10.1. The van der Waals surface area contributed by atoms with Gasteiger partial charge in [0.25, 0.3) is 0 Å². The molecule has 1 unspecified atom stereocenters. The van der Waals surface area contributed by atoms with Crippen LogP contribution in [0.2, 0.25) is 0 Å². The molecule has 0 saturated carbocycles. The zero-order valence-corrected chi connectivity index (χ0v) is 23.5. The van der Waals surface area contributed by atoms with E-state index in [4.69, 9.17) is 13.9 Å². The van der Waals surface area contributed by atoms with E-state index in [-0.39, 0.29) is 21.7 Å². The maximum atomic E-state index is 9.87. The number of likely N-dealkylation sites (tertiary alicyclic amines) is 1. The van der Waals surface area contributed by atoms with Crippen molar-refractivity contribution in [2.24, 2.45) is 0 Å². The number of aromatic hydroxyl groups is 1. The minimum Gasteiger partial charge on any atom is -0.508 e. The molecule has 0 amide bonds. The number of rotatable bonds is 13. The average molecular weight is 529 g/mol. The molecule has 1 fully saturated rings. The summed E-state index contributed by atoms with van der Waals surface area (Å²) < 4.78 is 14.2. The van der Waals surface area contributed by atoms with Crippen molar-refractivity contribution in [3.8, 4) is 22.8 Å². The summed E-state index contributed by atoms with van der Waals surface area (Å²) in [5.41, 5.74) is 2.43. The maximum Gasteiger partial charge on any atom is 0.216 e. The zero-order chi connectivity index (χ0) is 26.3. The molecule has 37 heavy (non-hydrogen) atoms. The Bertz CT molecular complexity index is 1130. The Morgan fingerprint density at radius 2 is 1.86 bits per heavy atom.